The molecule has 6 heteroatoms. The highest BCUT2D eigenvalue weighted by atomic mass is 32.2. The lowest BCUT2D eigenvalue weighted by Crippen LogP contribution is -1.99. The van der Waals surface area contributed by atoms with Gasteiger partial charge in [0.25, 0.3) is 10.1 Å². The number of hydrogen-bond donors (Lipinski definition) is 3. The van der Waals surface area contributed by atoms with Gasteiger partial charge in [-0.2, -0.15) is 8.42 Å². The molecular formula is C16H13NO4S. The van der Waals surface area contributed by atoms with E-state index in [0.717, 1.165) is 17.2 Å². The predicted octanol–water partition coefficient (Wildman–Crippen LogP) is 3.04. The normalized spacial score (nSPS) is 11.7. The molecule has 4 N–H and O–H groups in total. The van der Waals surface area contributed by atoms with Crippen LogP contribution in [-0.2, 0) is 10.1 Å². The van der Waals surface area contributed by atoms with Crippen molar-refractivity contribution < 1.29 is 18.1 Å². The lowest BCUT2D eigenvalue weighted by molar-refractivity contribution is 0.471. The molecule has 0 saturated heterocycles. The summed E-state index contributed by atoms with van der Waals surface area (Å²) in [5, 5.41) is 10.8. The zero-order valence-electron chi connectivity index (χ0n) is 11.4. The maximum absolute atomic E-state index is 11.3. The molecule has 0 aliphatic rings. The van der Waals surface area contributed by atoms with E-state index in [1.807, 2.05) is 30.3 Å². The van der Waals surface area contributed by atoms with Gasteiger partial charge < -0.3 is 10.8 Å². The van der Waals surface area contributed by atoms with Crippen LogP contribution in [0.2, 0.25) is 0 Å². The Morgan fingerprint density at radius 3 is 2.23 bits per heavy atom. The van der Waals surface area contributed by atoms with Gasteiger partial charge in [-0.15, -0.1) is 0 Å². The average Bonchev–Trinajstić information content (AvgIpc) is 2.48. The minimum absolute atomic E-state index is 0.253. The average molecular weight is 315 g/mol. The first-order valence-corrected chi connectivity index (χ1v) is 7.90. The van der Waals surface area contributed by atoms with E-state index in [2.05, 4.69) is 0 Å². The third kappa shape index (κ3) is 2.38. The van der Waals surface area contributed by atoms with Gasteiger partial charge in [0.1, 0.15) is 5.75 Å². The molecule has 0 spiro atoms. The standard InChI is InChI=1S/C16H13NO4S/c17-16-12(10-4-2-1-3-5-10)6-7-13-14(16)8-11(9-15(13)18)22(19,20)21/h1-9,18H,17H2,(H,19,20,21). The summed E-state index contributed by atoms with van der Waals surface area (Å²) in [4.78, 5) is -0.394. The van der Waals surface area contributed by atoms with Crippen molar-refractivity contribution in [2.45, 2.75) is 4.90 Å². The van der Waals surface area contributed by atoms with Crippen molar-refractivity contribution in [3.63, 3.8) is 0 Å². The zero-order valence-corrected chi connectivity index (χ0v) is 12.2. The number of aromatic hydroxyl groups is 1. The summed E-state index contributed by atoms with van der Waals surface area (Å²) in [6.07, 6.45) is 0. The highest BCUT2D eigenvalue weighted by Gasteiger charge is 2.16. The third-order valence-electron chi connectivity index (χ3n) is 3.51. The van der Waals surface area contributed by atoms with Crippen molar-refractivity contribution >= 4 is 26.6 Å². The largest absolute Gasteiger partial charge is 0.507 e. The summed E-state index contributed by atoms with van der Waals surface area (Å²) in [6.45, 7) is 0. The molecule has 0 saturated carbocycles. The monoisotopic (exact) mass is 315 g/mol. The van der Waals surface area contributed by atoms with Crippen molar-refractivity contribution in [3.8, 4) is 16.9 Å². The van der Waals surface area contributed by atoms with Gasteiger partial charge in [-0.05, 0) is 17.7 Å². The third-order valence-corrected chi connectivity index (χ3v) is 4.34. The van der Waals surface area contributed by atoms with Crippen LogP contribution >= 0.6 is 0 Å². The minimum Gasteiger partial charge on any atom is -0.507 e. The fraction of sp³-hybridized carbons (Fsp3) is 0. The highest BCUT2D eigenvalue weighted by molar-refractivity contribution is 7.85. The van der Waals surface area contributed by atoms with Crippen LogP contribution in [0.5, 0.6) is 5.75 Å². The maximum Gasteiger partial charge on any atom is 0.294 e. The summed E-state index contributed by atoms with van der Waals surface area (Å²) < 4.78 is 31.8. The number of phenolic OH excluding ortho intramolecular Hbond substituents is 1. The zero-order chi connectivity index (χ0) is 15.9. The first kappa shape index (κ1) is 14.4. The van der Waals surface area contributed by atoms with Gasteiger partial charge in [0.15, 0.2) is 0 Å². The number of benzene rings is 3. The van der Waals surface area contributed by atoms with E-state index in [1.165, 1.54) is 6.07 Å². The molecule has 0 aliphatic carbocycles. The predicted molar refractivity (Wildman–Crippen MR) is 85.3 cm³/mol. The molecule has 0 amide bonds. The topological polar surface area (TPSA) is 101 Å². The molecule has 0 aliphatic heterocycles. The molecule has 0 heterocycles. The summed E-state index contributed by atoms with van der Waals surface area (Å²) in [5.74, 6) is -0.253. The van der Waals surface area contributed by atoms with Crippen molar-refractivity contribution in [2.75, 3.05) is 5.73 Å². The van der Waals surface area contributed by atoms with Crippen molar-refractivity contribution in [3.05, 3.63) is 54.6 Å². The Labute approximate surface area is 127 Å². The maximum atomic E-state index is 11.3. The summed E-state index contributed by atoms with van der Waals surface area (Å²) in [6, 6.07) is 15.1. The summed E-state index contributed by atoms with van der Waals surface area (Å²) in [7, 11) is -4.43. The SMILES string of the molecule is Nc1c(-c2ccccc2)ccc2c(O)cc(S(=O)(=O)O)cc12. The molecule has 22 heavy (non-hydrogen) atoms. The molecule has 3 aromatic carbocycles. The molecule has 3 aromatic rings. The number of nitrogens with two attached hydrogens (primary N) is 1. The molecule has 0 unspecified atom stereocenters. The van der Waals surface area contributed by atoms with E-state index < -0.39 is 15.0 Å². The first-order valence-electron chi connectivity index (χ1n) is 6.46. The lowest BCUT2D eigenvalue weighted by Gasteiger charge is -2.11. The van der Waals surface area contributed by atoms with Gasteiger partial charge in [-0.1, -0.05) is 36.4 Å². The molecule has 112 valence electrons. The molecule has 0 atom stereocenters. The van der Waals surface area contributed by atoms with Gasteiger partial charge in [-0.25, -0.2) is 0 Å². The van der Waals surface area contributed by atoms with Crippen LogP contribution in [0.25, 0.3) is 21.9 Å². The number of rotatable bonds is 2. The Hall–Kier alpha value is -2.57. The first-order chi connectivity index (χ1) is 10.4. The van der Waals surface area contributed by atoms with Crippen LogP contribution in [0.3, 0.4) is 0 Å². The minimum atomic E-state index is -4.43. The van der Waals surface area contributed by atoms with Gasteiger partial charge in [-0.3, -0.25) is 4.55 Å². The molecule has 0 radical (unpaired) electrons. The summed E-state index contributed by atoms with van der Waals surface area (Å²) in [5.41, 5.74) is 8.08. The number of phenols is 1. The van der Waals surface area contributed by atoms with Crippen LogP contribution < -0.4 is 5.73 Å². The molecule has 0 aromatic heterocycles. The Morgan fingerprint density at radius 2 is 1.59 bits per heavy atom. The van der Waals surface area contributed by atoms with Crippen molar-refractivity contribution in [1.29, 1.82) is 0 Å². The number of anilines is 1. The number of nitrogen functional groups attached to an aromatic ring is 1. The second-order valence-corrected chi connectivity index (χ2v) is 6.33. The van der Waals surface area contributed by atoms with Crippen molar-refractivity contribution in [2.24, 2.45) is 0 Å². The molecule has 0 bridgehead atoms. The molecule has 5 nitrogen and oxygen atoms in total. The van der Waals surface area contributed by atoms with Crippen LogP contribution in [-0.4, -0.2) is 18.1 Å². The Balaban J connectivity index is 2.35. The van der Waals surface area contributed by atoms with E-state index in [4.69, 9.17) is 5.73 Å². The second kappa shape index (κ2) is 5.01. The number of fused-ring (bicyclic) bond motifs is 1. The van der Waals surface area contributed by atoms with E-state index in [1.54, 1.807) is 12.1 Å². The van der Waals surface area contributed by atoms with Crippen LogP contribution in [0.15, 0.2) is 59.5 Å². The molecule has 0 fully saturated rings. The smallest absolute Gasteiger partial charge is 0.294 e. The van der Waals surface area contributed by atoms with E-state index >= 15 is 0 Å². The van der Waals surface area contributed by atoms with E-state index in [9.17, 15) is 18.1 Å². The quantitative estimate of drug-likeness (QED) is 0.498. The van der Waals surface area contributed by atoms with Gasteiger partial charge in [0, 0.05) is 28.1 Å². The Kier molecular flexibility index (Phi) is 3.27. The molecular weight excluding hydrogens is 302 g/mol. The fourth-order valence-electron chi connectivity index (χ4n) is 2.43. The molecule has 3 rings (SSSR count). The summed E-state index contributed by atoms with van der Waals surface area (Å²) >= 11 is 0. The van der Waals surface area contributed by atoms with Gasteiger partial charge in [0.05, 0.1) is 4.90 Å². The highest BCUT2D eigenvalue weighted by Crippen LogP contribution is 2.37. The second-order valence-electron chi connectivity index (χ2n) is 4.91. The van der Waals surface area contributed by atoms with Gasteiger partial charge >= 0.3 is 0 Å². The van der Waals surface area contributed by atoms with Crippen molar-refractivity contribution in [1.82, 2.24) is 0 Å². The fourth-order valence-corrected chi connectivity index (χ4v) is 2.96. The van der Waals surface area contributed by atoms with Gasteiger partial charge in [0.2, 0.25) is 0 Å². The number of hydrogen-bond acceptors (Lipinski definition) is 4. The van der Waals surface area contributed by atoms with Crippen LogP contribution in [0.1, 0.15) is 0 Å². The van der Waals surface area contributed by atoms with E-state index in [-0.39, 0.29) is 5.75 Å². The van der Waals surface area contributed by atoms with Crippen LogP contribution in [0, 0.1) is 0 Å². The van der Waals surface area contributed by atoms with E-state index in [0.29, 0.717) is 16.5 Å². The Morgan fingerprint density at radius 1 is 0.909 bits per heavy atom. The Bertz CT molecular complexity index is 966. The van der Waals surface area contributed by atoms with Crippen LogP contribution in [0.4, 0.5) is 5.69 Å². The lowest BCUT2D eigenvalue weighted by atomic mass is 9.98.